The molecule has 3 rings (SSSR count). The number of nitrogens with zero attached hydrogens (tertiary/aromatic N) is 1. The molecule has 2 bridgehead atoms. The highest BCUT2D eigenvalue weighted by atomic mass is 32.2. The topological polar surface area (TPSA) is 64.9 Å². The Labute approximate surface area is 123 Å². The van der Waals surface area contributed by atoms with E-state index in [1.807, 2.05) is 12.1 Å². The van der Waals surface area contributed by atoms with E-state index in [1.54, 1.807) is 12.1 Å². The van der Waals surface area contributed by atoms with Crippen molar-refractivity contribution in [1.29, 1.82) is 5.26 Å². The Bertz CT molecular complexity index is 537. The van der Waals surface area contributed by atoms with Crippen LogP contribution in [0.4, 0.5) is 4.79 Å². The predicted molar refractivity (Wildman–Crippen MR) is 77.9 cm³/mol. The first-order valence-corrected chi connectivity index (χ1v) is 7.80. The van der Waals surface area contributed by atoms with Crippen molar-refractivity contribution in [2.75, 3.05) is 0 Å². The summed E-state index contributed by atoms with van der Waals surface area (Å²) in [5, 5.41) is 11.8. The van der Waals surface area contributed by atoms with Crippen molar-refractivity contribution in [3.8, 4) is 6.07 Å². The van der Waals surface area contributed by atoms with Gasteiger partial charge in [-0.25, -0.2) is 4.79 Å². The maximum atomic E-state index is 11.9. The van der Waals surface area contributed by atoms with E-state index >= 15 is 0 Å². The molecule has 2 aliphatic rings. The van der Waals surface area contributed by atoms with E-state index in [0.29, 0.717) is 17.5 Å². The van der Waals surface area contributed by atoms with Gasteiger partial charge in [0.1, 0.15) is 0 Å². The van der Waals surface area contributed by atoms with E-state index < -0.39 is 0 Å². The van der Waals surface area contributed by atoms with Crippen LogP contribution in [-0.2, 0) is 0 Å². The third kappa shape index (κ3) is 2.91. The number of carbonyl (C=O) groups is 1. The van der Waals surface area contributed by atoms with Gasteiger partial charge in [-0.2, -0.15) is 5.26 Å². The van der Waals surface area contributed by atoms with E-state index in [0.717, 1.165) is 17.2 Å². The summed E-state index contributed by atoms with van der Waals surface area (Å²) in [7, 11) is 0. The fourth-order valence-corrected chi connectivity index (χ4v) is 3.86. The van der Waals surface area contributed by atoms with Gasteiger partial charge in [-0.05, 0) is 67.3 Å². The fourth-order valence-electron chi connectivity index (χ4n) is 3.32. The number of hydrogen-bond donors (Lipinski definition) is 2. The third-order valence-corrected chi connectivity index (χ3v) is 5.09. The predicted octanol–water partition coefficient (Wildman–Crippen LogP) is 3.05. The molecule has 5 heteroatoms. The Morgan fingerprint density at radius 1 is 1.25 bits per heavy atom. The molecule has 2 saturated carbocycles. The minimum atomic E-state index is -0.114. The molecule has 0 heterocycles. The van der Waals surface area contributed by atoms with Crippen LogP contribution in [0.1, 0.15) is 31.2 Å². The summed E-state index contributed by atoms with van der Waals surface area (Å²) >= 11 is 1.28. The smallest absolute Gasteiger partial charge is 0.325 e. The monoisotopic (exact) mass is 287 g/mol. The standard InChI is InChI=1S/C15H17N3OS/c16-9-10-2-5-13(6-3-10)20-18-15(19)17-14-8-11-1-4-12(14)7-11/h2-3,5-6,11-12,14H,1,4,7-8H2,(H2,17,18,19). The van der Waals surface area contributed by atoms with E-state index in [4.69, 9.17) is 5.26 Å². The van der Waals surface area contributed by atoms with Gasteiger partial charge in [-0.15, -0.1) is 0 Å². The van der Waals surface area contributed by atoms with Crippen molar-refractivity contribution < 1.29 is 4.79 Å². The van der Waals surface area contributed by atoms with Gasteiger partial charge in [0.25, 0.3) is 0 Å². The zero-order valence-electron chi connectivity index (χ0n) is 11.1. The first-order valence-electron chi connectivity index (χ1n) is 6.98. The SMILES string of the molecule is N#Cc1ccc(SNC(=O)NC2CC3CCC2C3)cc1. The van der Waals surface area contributed by atoms with Gasteiger partial charge in [0, 0.05) is 10.9 Å². The van der Waals surface area contributed by atoms with Crippen LogP contribution in [0.3, 0.4) is 0 Å². The molecule has 3 atom stereocenters. The van der Waals surface area contributed by atoms with Crippen LogP contribution in [0.5, 0.6) is 0 Å². The van der Waals surface area contributed by atoms with Crippen molar-refractivity contribution in [2.24, 2.45) is 11.8 Å². The van der Waals surface area contributed by atoms with Crippen LogP contribution in [0.25, 0.3) is 0 Å². The van der Waals surface area contributed by atoms with Crippen LogP contribution in [0, 0.1) is 23.2 Å². The van der Waals surface area contributed by atoms with Crippen molar-refractivity contribution in [1.82, 2.24) is 10.0 Å². The lowest BCUT2D eigenvalue weighted by atomic mass is 9.96. The molecule has 20 heavy (non-hydrogen) atoms. The number of amides is 2. The Morgan fingerprint density at radius 2 is 2.05 bits per heavy atom. The van der Waals surface area contributed by atoms with Crippen LogP contribution < -0.4 is 10.0 Å². The number of carbonyl (C=O) groups excluding carboxylic acids is 1. The molecule has 0 aliphatic heterocycles. The molecule has 0 spiro atoms. The van der Waals surface area contributed by atoms with Crippen molar-refractivity contribution in [2.45, 2.75) is 36.6 Å². The summed E-state index contributed by atoms with van der Waals surface area (Å²) < 4.78 is 2.81. The highest BCUT2D eigenvalue weighted by Gasteiger charge is 2.40. The Hall–Kier alpha value is -1.67. The summed E-state index contributed by atoms with van der Waals surface area (Å²) in [6.45, 7) is 0. The van der Waals surface area contributed by atoms with Gasteiger partial charge in [0.2, 0.25) is 0 Å². The molecule has 2 N–H and O–H groups in total. The number of hydrogen-bond acceptors (Lipinski definition) is 3. The normalized spacial score (nSPS) is 27.1. The lowest BCUT2D eigenvalue weighted by Gasteiger charge is -2.22. The first-order chi connectivity index (χ1) is 9.74. The van der Waals surface area contributed by atoms with E-state index in [1.165, 1.54) is 31.2 Å². The molecule has 0 saturated heterocycles. The Kier molecular flexibility index (Phi) is 3.83. The maximum Gasteiger partial charge on any atom is 0.325 e. The molecule has 0 radical (unpaired) electrons. The summed E-state index contributed by atoms with van der Waals surface area (Å²) in [4.78, 5) is 12.8. The minimum absolute atomic E-state index is 0.114. The van der Waals surface area contributed by atoms with Gasteiger partial charge in [-0.3, -0.25) is 4.72 Å². The molecular weight excluding hydrogens is 270 g/mol. The molecule has 3 unspecified atom stereocenters. The number of nitriles is 1. The van der Waals surface area contributed by atoms with Crippen LogP contribution in [0.2, 0.25) is 0 Å². The van der Waals surface area contributed by atoms with Gasteiger partial charge < -0.3 is 5.32 Å². The second kappa shape index (κ2) is 5.76. The highest BCUT2D eigenvalue weighted by molar-refractivity contribution is 7.98. The molecule has 2 aliphatic carbocycles. The molecule has 1 aromatic carbocycles. The van der Waals surface area contributed by atoms with Gasteiger partial charge in [0.15, 0.2) is 0 Å². The second-order valence-electron chi connectivity index (χ2n) is 5.60. The lowest BCUT2D eigenvalue weighted by molar-refractivity contribution is 0.236. The molecule has 0 aromatic heterocycles. The lowest BCUT2D eigenvalue weighted by Crippen LogP contribution is -2.42. The number of urea groups is 1. The maximum absolute atomic E-state index is 11.9. The summed E-state index contributed by atoms with van der Waals surface area (Å²) in [6.07, 6.45) is 5.02. The molecule has 2 amide bonds. The summed E-state index contributed by atoms with van der Waals surface area (Å²) in [6, 6.07) is 9.48. The van der Waals surface area contributed by atoms with Crippen LogP contribution in [0.15, 0.2) is 29.2 Å². The van der Waals surface area contributed by atoms with Crippen molar-refractivity contribution in [3.63, 3.8) is 0 Å². The van der Waals surface area contributed by atoms with Gasteiger partial charge >= 0.3 is 6.03 Å². The van der Waals surface area contributed by atoms with E-state index in [2.05, 4.69) is 16.1 Å². The van der Waals surface area contributed by atoms with E-state index in [-0.39, 0.29) is 6.03 Å². The van der Waals surface area contributed by atoms with Gasteiger partial charge in [-0.1, -0.05) is 6.42 Å². The zero-order valence-corrected chi connectivity index (χ0v) is 12.0. The Morgan fingerprint density at radius 3 is 2.65 bits per heavy atom. The number of benzene rings is 1. The van der Waals surface area contributed by atoms with Crippen molar-refractivity contribution in [3.05, 3.63) is 29.8 Å². The average Bonchev–Trinajstić information content (AvgIpc) is 3.08. The highest BCUT2D eigenvalue weighted by Crippen LogP contribution is 2.44. The summed E-state index contributed by atoms with van der Waals surface area (Å²) in [5.74, 6) is 1.52. The molecule has 4 nitrogen and oxygen atoms in total. The second-order valence-corrected chi connectivity index (χ2v) is 6.47. The molecule has 104 valence electrons. The third-order valence-electron chi connectivity index (χ3n) is 4.30. The fraction of sp³-hybridized carbons (Fsp3) is 0.467. The van der Waals surface area contributed by atoms with E-state index in [9.17, 15) is 4.79 Å². The number of rotatable bonds is 3. The molecule has 2 fully saturated rings. The molecular formula is C15H17N3OS. The number of fused-ring (bicyclic) bond motifs is 2. The van der Waals surface area contributed by atoms with Gasteiger partial charge in [0.05, 0.1) is 11.6 Å². The summed E-state index contributed by atoms with van der Waals surface area (Å²) in [5.41, 5.74) is 0.626. The quantitative estimate of drug-likeness (QED) is 0.840. The average molecular weight is 287 g/mol. The first kappa shape index (κ1) is 13.3. The van der Waals surface area contributed by atoms with Crippen LogP contribution >= 0.6 is 11.9 Å². The minimum Gasteiger partial charge on any atom is -0.334 e. The van der Waals surface area contributed by atoms with Crippen LogP contribution in [-0.4, -0.2) is 12.1 Å². The largest absolute Gasteiger partial charge is 0.334 e. The van der Waals surface area contributed by atoms with Crippen molar-refractivity contribution >= 4 is 18.0 Å². The number of nitrogens with one attached hydrogen (secondary N) is 2. The molecule has 1 aromatic rings. The zero-order chi connectivity index (χ0) is 13.9. The Balaban J connectivity index is 1.46.